The SMILES string of the molecule is CCOc1ccc(C[C@@H](NC(=O)c2ccc(Cl)cc2)C(=O)N[C@@H](Cc2ccccc2)C(=O)NCc2ccc(CN)cc2)cc1. The molecule has 5 N–H and O–H groups in total. The first-order chi connectivity index (χ1) is 21.3. The van der Waals surface area contributed by atoms with E-state index in [1.165, 1.54) is 0 Å². The highest BCUT2D eigenvalue weighted by atomic mass is 35.5. The molecule has 0 aliphatic carbocycles. The van der Waals surface area contributed by atoms with Crippen LogP contribution in [-0.2, 0) is 35.5 Å². The van der Waals surface area contributed by atoms with Crippen LogP contribution in [-0.4, -0.2) is 36.4 Å². The van der Waals surface area contributed by atoms with Gasteiger partial charge >= 0.3 is 0 Å². The number of halogens is 1. The molecular weight excluding hydrogens is 576 g/mol. The number of hydrogen-bond acceptors (Lipinski definition) is 5. The molecule has 44 heavy (non-hydrogen) atoms. The Labute approximate surface area is 263 Å². The molecule has 0 aliphatic rings. The normalized spacial score (nSPS) is 12.1. The summed E-state index contributed by atoms with van der Waals surface area (Å²) in [7, 11) is 0. The van der Waals surface area contributed by atoms with Crippen molar-refractivity contribution < 1.29 is 19.1 Å². The summed E-state index contributed by atoms with van der Waals surface area (Å²) in [5.74, 6) is -0.545. The Morgan fingerprint density at radius 1 is 0.705 bits per heavy atom. The Morgan fingerprint density at radius 3 is 1.89 bits per heavy atom. The minimum absolute atomic E-state index is 0.199. The number of nitrogens with two attached hydrogens (primary N) is 1. The minimum atomic E-state index is -0.967. The van der Waals surface area contributed by atoms with Crippen molar-refractivity contribution in [2.24, 2.45) is 5.73 Å². The van der Waals surface area contributed by atoms with Gasteiger partial charge in [-0.15, -0.1) is 0 Å². The van der Waals surface area contributed by atoms with Gasteiger partial charge < -0.3 is 26.4 Å². The summed E-state index contributed by atoms with van der Waals surface area (Å²) in [6.45, 7) is 3.16. The quantitative estimate of drug-likeness (QED) is 0.166. The van der Waals surface area contributed by atoms with Gasteiger partial charge in [-0.05, 0) is 65.6 Å². The Kier molecular flexibility index (Phi) is 11.9. The summed E-state index contributed by atoms with van der Waals surface area (Å²) >= 11 is 6.00. The second-order valence-electron chi connectivity index (χ2n) is 10.3. The number of rotatable bonds is 14. The zero-order valence-electron chi connectivity index (χ0n) is 24.6. The molecule has 0 aliphatic heterocycles. The lowest BCUT2D eigenvalue weighted by molar-refractivity contribution is -0.130. The number of amides is 3. The summed E-state index contributed by atoms with van der Waals surface area (Å²) in [6.07, 6.45) is 0.468. The number of carbonyl (C=O) groups excluding carboxylic acids is 3. The van der Waals surface area contributed by atoms with Crippen molar-refractivity contribution in [2.45, 2.75) is 44.9 Å². The van der Waals surface area contributed by atoms with Gasteiger partial charge in [0.2, 0.25) is 11.8 Å². The number of carbonyl (C=O) groups is 3. The molecule has 0 saturated heterocycles. The summed E-state index contributed by atoms with van der Waals surface area (Å²) in [5.41, 5.74) is 9.65. The molecule has 0 heterocycles. The van der Waals surface area contributed by atoms with E-state index < -0.39 is 23.9 Å². The first-order valence-electron chi connectivity index (χ1n) is 14.5. The van der Waals surface area contributed by atoms with Crippen LogP contribution in [0.5, 0.6) is 5.75 Å². The lowest BCUT2D eigenvalue weighted by atomic mass is 10.0. The van der Waals surface area contributed by atoms with E-state index in [2.05, 4.69) is 16.0 Å². The molecule has 0 saturated carbocycles. The maximum atomic E-state index is 13.8. The molecule has 8 nitrogen and oxygen atoms in total. The van der Waals surface area contributed by atoms with Crippen LogP contribution in [0.25, 0.3) is 0 Å². The zero-order valence-corrected chi connectivity index (χ0v) is 25.3. The van der Waals surface area contributed by atoms with Crippen molar-refractivity contribution >= 4 is 29.3 Å². The van der Waals surface area contributed by atoms with Crippen molar-refractivity contribution in [1.82, 2.24) is 16.0 Å². The number of ether oxygens (including phenoxy) is 1. The van der Waals surface area contributed by atoms with Gasteiger partial charge in [0.05, 0.1) is 6.61 Å². The molecule has 4 aromatic rings. The van der Waals surface area contributed by atoms with E-state index in [9.17, 15) is 14.4 Å². The summed E-state index contributed by atoms with van der Waals surface area (Å²) in [5, 5.41) is 9.20. The van der Waals surface area contributed by atoms with Crippen LogP contribution < -0.4 is 26.4 Å². The predicted octanol–water partition coefficient (Wildman–Crippen LogP) is 4.58. The van der Waals surface area contributed by atoms with Crippen LogP contribution in [0.3, 0.4) is 0 Å². The summed E-state index contributed by atoms with van der Waals surface area (Å²) < 4.78 is 5.54. The smallest absolute Gasteiger partial charge is 0.251 e. The first kappa shape index (κ1) is 32.3. The third-order valence-electron chi connectivity index (χ3n) is 7.04. The average molecular weight is 613 g/mol. The molecule has 4 rings (SSSR count). The maximum absolute atomic E-state index is 13.8. The van der Waals surface area contributed by atoms with Gasteiger partial charge in [0.25, 0.3) is 5.91 Å². The fraction of sp³-hybridized carbons (Fsp3) is 0.229. The molecule has 2 atom stereocenters. The van der Waals surface area contributed by atoms with Crippen molar-refractivity contribution in [3.63, 3.8) is 0 Å². The van der Waals surface area contributed by atoms with E-state index in [4.69, 9.17) is 22.1 Å². The highest BCUT2D eigenvalue weighted by Gasteiger charge is 2.28. The van der Waals surface area contributed by atoms with Crippen molar-refractivity contribution in [1.29, 1.82) is 0 Å². The van der Waals surface area contributed by atoms with E-state index in [1.807, 2.05) is 85.8 Å². The molecule has 0 bridgehead atoms. The van der Waals surface area contributed by atoms with Crippen molar-refractivity contribution in [2.75, 3.05) is 6.61 Å². The monoisotopic (exact) mass is 612 g/mol. The van der Waals surface area contributed by atoms with E-state index >= 15 is 0 Å². The molecule has 0 fully saturated rings. The fourth-order valence-corrected chi connectivity index (χ4v) is 4.74. The third kappa shape index (κ3) is 9.69. The number of nitrogens with one attached hydrogen (secondary N) is 3. The Bertz CT molecular complexity index is 1510. The van der Waals surface area contributed by atoms with E-state index in [1.54, 1.807) is 24.3 Å². The van der Waals surface area contributed by atoms with Gasteiger partial charge in [-0.3, -0.25) is 14.4 Å². The van der Waals surface area contributed by atoms with Gasteiger partial charge in [0.1, 0.15) is 17.8 Å². The highest BCUT2D eigenvalue weighted by molar-refractivity contribution is 6.30. The molecule has 0 spiro atoms. The Morgan fingerprint density at radius 2 is 1.27 bits per heavy atom. The molecular formula is C35H37ClN4O4. The fourth-order valence-electron chi connectivity index (χ4n) is 4.61. The average Bonchev–Trinajstić information content (AvgIpc) is 3.05. The zero-order chi connectivity index (χ0) is 31.3. The third-order valence-corrected chi connectivity index (χ3v) is 7.30. The summed E-state index contributed by atoms with van der Waals surface area (Å²) in [4.78, 5) is 40.5. The van der Waals surface area contributed by atoms with Crippen molar-refractivity contribution in [3.8, 4) is 5.75 Å². The highest BCUT2D eigenvalue weighted by Crippen LogP contribution is 2.15. The molecule has 0 aromatic heterocycles. The van der Waals surface area contributed by atoms with Crippen LogP contribution in [0.1, 0.15) is 39.5 Å². The van der Waals surface area contributed by atoms with Gasteiger partial charge in [0.15, 0.2) is 0 Å². The Hall–Kier alpha value is -4.66. The second-order valence-corrected chi connectivity index (χ2v) is 10.7. The lowest BCUT2D eigenvalue weighted by Crippen LogP contribution is -2.55. The number of hydrogen-bond donors (Lipinski definition) is 4. The van der Waals surface area contributed by atoms with Crippen LogP contribution in [0.15, 0.2) is 103 Å². The van der Waals surface area contributed by atoms with Gasteiger partial charge in [-0.25, -0.2) is 0 Å². The molecule has 0 radical (unpaired) electrons. The predicted molar refractivity (Wildman–Crippen MR) is 172 cm³/mol. The number of benzene rings is 4. The molecule has 4 aromatic carbocycles. The standard InChI is InChI=1S/C35H37ClN4O4/c1-2-44-30-18-12-25(13-19-30)21-32(39-33(41)28-14-16-29(36)17-15-28)35(43)40-31(20-24-6-4-3-5-7-24)34(42)38-23-27-10-8-26(22-37)9-11-27/h3-19,31-32H,2,20-23,37H2,1H3,(H,38,42)(H,39,41)(H,40,43)/t31-,32+/m0/s1. The topological polar surface area (TPSA) is 123 Å². The van der Waals surface area contributed by atoms with Gasteiger partial charge in [-0.2, -0.15) is 0 Å². The van der Waals surface area contributed by atoms with Gasteiger partial charge in [0, 0.05) is 36.5 Å². The van der Waals surface area contributed by atoms with Crippen LogP contribution >= 0.6 is 11.6 Å². The lowest BCUT2D eigenvalue weighted by Gasteiger charge is -2.24. The minimum Gasteiger partial charge on any atom is -0.494 e. The molecule has 9 heteroatoms. The van der Waals surface area contributed by atoms with E-state index in [0.29, 0.717) is 29.5 Å². The first-order valence-corrected chi connectivity index (χ1v) is 14.9. The Balaban J connectivity index is 1.53. The van der Waals surface area contributed by atoms with E-state index in [-0.39, 0.29) is 25.3 Å². The second kappa shape index (κ2) is 16.3. The van der Waals surface area contributed by atoms with Crippen LogP contribution in [0, 0.1) is 0 Å². The molecule has 3 amide bonds. The van der Waals surface area contributed by atoms with Crippen LogP contribution in [0.4, 0.5) is 0 Å². The largest absolute Gasteiger partial charge is 0.494 e. The maximum Gasteiger partial charge on any atom is 0.251 e. The van der Waals surface area contributed by atoms with E-state index in [0.717, 1.165) is 22.3 Å². The van der Waals surface area contributed by atoms with Crippen LogP contribution in [0.2, 0.25) is 5.02 Å². The summed E-state index contributed by atoms with van der Waals surface area (Å²) in [6, 6.07) is 29.0. The van der Waals surface area contributed by atoms with Crippen molar-refractivity contribution in [3.05, 3.63) is 136 Å². The van der Waals surface area contributed by atoms with Gasteiger partial charge in [-0.1, -0.05) is 78.3 Å². The molecule has 0 unspecified atom stereocenters. The molecule has 228 valence electrons.